The fraction of sp³-hybridized carbons (Fsp3) is 0.407. The van der Waals surface area contributed by atoms with Crippen LogP contribution in [0.5, 0.6) is 0 Å². The number of benzene rings is 1. The van der Waals surface area contributed by atoms with Crippen molar-refractivity contribution < 1.29 is 14.4 Å². The van der Waals surface area contributed by atoms with E-state index < -0.39 is 11.5 Å². The number of carbonyl (C=O) groups excluding carboxylic acids is 3. The summed E-state index contributed by atoms with van der Waals surface area (Å²) < 4.78 is 3.12. The van der Waals surface area contributed by atoms with Crippen molar-refractivity contribution in [2.45, 2.75) is 31.8 Å². The van der Waals surface area contributed by atoms with Crippen molar-refractivity contribution in [1.82, 2.24) is 34.7 Å². The summed E-state index contributed by atoms with van der Waals surface area (Å²) in [4.78, 5) is 55.1. The van der Waals surface area contributed by atoms with Crippen molar-refractivity contribution in [3.05, 3.63) is 81.0 Å². The van der Waals surface area contributed by atoms with E-state index in [0.717, 1.165) is 5.56 Å². The maximum absolute atomic E-state index is 13.2. The Balaban J connectivity index is 1.38. The molecule has 2 aliphatic rings. The first-order valence-corrected chi connectivity index (χ1v) is 13.3. The summed E-state index contributed by atoms with van der Waals surface area (Å²) in [6, 6.07) is 10.4. The van der Waals surface area contributed by atoms with Gasteiger partial charge in [0.2, 0.25) is 11.8 Å². The minimum Gasteiger partial charge on any atom is -0.354 e. The molecule has 12 heteroatoms. The van der Waals surface area contributed by atoms with Crippen LogP contribution in [-0.4, -0.2) is 80.3 Å². The van der Waals surface area contributed by atoms with Crippen LogP contribution in [0, 0.1) is 5.92 Å². The summed E-state index contributed by atoms with van der Waals surface area (Å²) in [5.74, 6) is -0.786. The number of likely N-dealkylation sites (tertiary alicyclic amines) is 1. The maximum atomic E-state index is 13.2. The molecule has 3 amide bonds. The third kappa shape index (κ3) is 5.88. The smallest absolute Gasteiger partial charge is 0.263 e. The number of rotatable bonds is 3. The lowest BCUT2D eigenvalue weighted by molar-refractivity contribution is -0.130. The van der Waals surface area contributed by atoms with Gasteiger partial charge in [0.05, 0.1) is 18.8 Å². The topological polar surface area (TPSA) is 122 Å². The molecule has 4 heterocycles. The van der Waals surface area contributed by atoms with E-state index in [9.17, 15) is 19.2 Å². The van der Waals surface area contributed by atoms with E-state index in [1.807, 2.05) is 24.3 Å². The van der Waals surface area contributed by atoms with Gasteiger partial charge in [-0.2, -0.15) is 0 Å². The quantitative estimate of drug-likeness (QED) is 0.524. The Morgan fingerprint density at radius 2 is 1.95 bits per heavy atom. The Labute approximate surface area is 230 Å². The molecular formula is C27H30ClN7O4. The molecule has 39 heavy (non-hydrogen) atoms. The molecule has 0 unspecified atom stereocenters. The number of halogens is 1. The number of fused-ring (bicyclic) bond motifs is 6. The van der Waals surface area contributed by atoms with Gasteiger partial charge in [0, 0.05) is 63.2 Å². The highest BCUT2D eigenvalue weighted by Crippen LogP contribution is 2.31. The van der Waals surface area contributed by atoms with Crippen LogP contribution >= 0.6 is 11.6 Å². The lowest BCUT2D eigenvalue weighted by atomic mass is 9.99. The second-order valence-corrected chi connectivity index (χ2v) is 10.5. The van der Waals surface area contributed by atoms with Crippen molar-refractivity contribution in [1.29, 1.82) is 0 Å². The Morgan fingerprint density at radius 3 is 2.77 bits per heavy atom. The van der Waals surface area contributed by atoms with E-state index in [2.05, 4.69) is 15.6 Å². The molecule has 0 radical (unpaired) electrons. The first-order chi connectivity index (χ1) is 18.8. The van der Waals surface area contributed by atoms with Crippen LogP contribution in [0.2, 0.25) is 5.02 Å². The van der Waals surface area contributed by atoms with Gasteiger partial charge in [0.1, 0.15) is 11.3 Å². The summed E-state index contributed by atoms with van der Waals surface area (Å²) in [6.07, 6.45) is 4.38. The minimum absolute atomic E-state index is 0.0161. The predicted molar refractivity (Wildman–Crippen MR) is 143 cm³/mol. The second-order valence-electron chi connectivity index (χ2n) is 10.0. The van der Waals surface area contributed by atoms with Gasteiger partial charge < -0.3 is 19.7 Å². The Hall–Kier alpha value is -3.99. The monoisotopic (exact) mass is 551 g/mol. The van der Waals surface area contributed by atoms with Crippen LogP contribution in [0.3, 0.4) is 0 Å². The van der Waals surface area contributed by atoms with Gasteiger partial charge in [-0.3, -0.25) is 19.2 Å². The standard InChI is InChI=1S/C27H30ClN7O4/c1-32-12-10-29-24(36)13-19-14-34(25(37)9-8-18-5-2-3-7-22(18)28)17-23(19)35-16-20(30-31-35)15-33-11-4-6-21(26(32)38)27(33)39/h2-7,11,16,19,23H,8-10,12-15,17H2,1H3,(H,29,36)/t19-,23+/m0/s1. The first kappa shape index (κ1) is 26.6. The zero-order chi connectivity index (χ0) is 27.5. The number of nitrogens with zero attached hydrogens (tertiary/aromatic N) is 6. The number of hydrogen-bond donors (Lipinski definition) is 1. The number of aromatic nitrogens is 4. The van der Waals surface area contributed by atoms with E-state index in [-0.39, 0.29) is 55.4 Å². The molecule has 4 bridgehead atoms. The number of hydrogen-bond acceptors (Lipinski definition) is 6. The van der Waals surface area contributed by atoms with Crippen LogP contribution in [0.4, 0.5) is 0 Å². The van der Waals surface area contributed by atoms with E-state index in [1.54, 1.807) is 35.1 Å². The van der Waals surface area contributed by atoms with Crippen molar-refractivity contribution in [2.24, 2.45) is 5.92 Å². The zero-order valence-electron chi connectivity index (χ0n) is 21.6. The molecule has 1 N–H and O–H groups in total. The molecule has 1 aromatic carbocycles. The van der Waals surface area contributed by atoms with E-state index in [4.69, 9.17) is 11.6 Å². The van der Waals surface area contributed by atoms with Crippen molar-refractivity contribution in [2.75, 3.05) is 33.2 Å². The lowest BCUT2D eigenvalue weighted by Crippen LogP contribution is -2.39. The molecule has 2 aromatic heterocycles. The molecular weight excluding hydrogens is 522 g/mol. The van der Waals surface area contributed by atoms with Gasteiger partial charge >= 0.3 is 0 Å². The SMILES string of the molecule is CN1CCNC(=O)C[C@H]2CN(C(=O)CCc3ccccc3Cl)C[C@H]2n2cc(nn2)Cn2cccc(c2=O)C1=O. The molecule has 5 rings (SSSR count). The van der Waals surface area contributed by atoms with Crippen molar-refractivity contribution in [3.8, 4) is 0 Å². The number of carbonyl (C=O) groups is 3. The summed E-state index contributed by atoms with van der Waals surface area (Å²) in [5, 5.41) is 12.0. The molecule has 0 spiro atoms. The third-order valence-electron chi connectivity index (χ3n) is 7.37. The van der Waals surface area contributed by atoms with Crippen molar-refractivity contribution in [3.63, 3.8) is 0 Å². The molecule has 1 fully saturated rings. The van der Waals surface area contributed by atoms with Crippen LogP contribution in [0.25, 0.3) is 0 Å². The largest absolute Gasteiger partial charge is 0.354 e. The molecule has 1 saturated heterocycles. The summed E-state index contributed by atoms with van der Waals surface area (Å²) >= 11 is 6.26. The lowest BCUT2D eigenvalue weighted by Gasteiger charge is -2.20. The Morgan fingerprint density at radius 1 is 1.13 bits per heavy atom. The fourth-order valence-electron chi connectivity index (χ4n) is 5.19. The van der Waals surface area contributed by atoms with E-state index >= 15 is 0 Å². The van der Waals surface area contributed by atoms with Gasteiger partial charge in [-0.1, -0.05) is 35.0 Å². The fourth-order valence-corrected chi connectivity index (χ4v) is 5.42. The Kier molecular flexibility index (Phi) is 7.78. The molecule has 2 atom stereocenters. The second kappa shape index (κ2) is 11.4. The van der Waals surface area contributed by atoms with Crippen LogP contribution < -0.4 is 10.9 Å². The zero-order valence-corrected chi connectivity index (χ0v) is 22.4. The number of nitrogens with one attached hydrogen (secondary N) is 1. The predicted octanol–water partition coefficient (Wildman–Crippen LogP) is 1.37. The highest BCUT2D eigenvalue weighted by molar-refractivity contribution is 6.31. The normalized spacial score (nSPS) is 20.1. The molecule has 0 saturated carbocycles. The maximum Gasteiger partial charge on any atom is 0.263 e. The number of likely N-dealkylation sites (N-methyl/N-ethyl adjacent to an activating group) is 1. The van der Waals surface area contributed by atoms with Crippen molar-refractivity contribution >= 4 is 29.3 Å². The summed E-state index contributed by atoms with van der Waals surface area (Å²) in [6.45, 7) is 1.44. The number of pyridine rings is 1. The van der Waals surface area contributed by atoms with Gasteiger partial charge in [0.25, 0.3) is 11.5 Å². The number of amides is 3. The van der Waals surface area contributed by atoms with E-state index in [0.29, 0.717) is 36.6 Å². The number of aryl methyl sites for hydroxylation is 1. The Bertz CT molecular complexity index is 1450. The van der Waals surface area contributed by atoms with Crippen LogP contribution in [-0.2, 0) is 22.6 Å². The minimum atomic E-state index is -0.422. The van der Waals surface area contributed by atoms with Crippen LogP contribution in [0.1, 0.15) is 40.5 Å². The third-order valence-corrected chi connectivity index (χ3v) is 7.74. The molecule has 3 aromatic rings. The average molecular weight is 552 g/mol. The molecule has 2 aliphatic heterocycles. The van der Waals surface area contributed by atoms with Gasteiger partial charge in [-0.05, 0) is 30.2 Å². The van der Waals surface area contributed by atoms with Gasteiger partial charge in [0.15, 0.2) is 0 Å². The highest BCUT2D eigenvalue weighted by Gasteiger charge is 2.38. The summed E-state index contributed by atoms with van der Waals surface area (Å²) in [7, 11) is 1.60. The van der Waals surface area contributed by atoms with Gasteiger partial charge in [-0.25, -0.2) is 4.68 Å². The molecule has 11 nitrogen and oxygen atoms in total. The molecule has 0 aliphatic carbocycles. The first-order valence-electron chi connectivity index (χ1n) is 12.9. The van der Waals surface area contributed by atoms with Gasteiger partial charge in [-0.15, -0.1) is 5.10 Å². The highest BCUT2D eigenvalue weighted by atomic mass is 35.5. The summed E-state index contributed by atoms with van der Waals surface area (Å²) in [5.41, 5.74) is 1.08. The average Bonchev–Trinajstić information content (AvgIpc) is 3.55. The molecule has 204 valence electrons. The van der Waals surface area contributed by atoms with Crippen LogP contribution in [0.15, 0.2) is 53.6 Å². The van der Waals surface area contributed by atoms with E-state index in [1.165, 1.54) is 15.5 Å².